The van der Waals surface area contributed by atoms with Crippen LogP contribution in [0, 0.1) is 17.8 Å². The Balaban J connectivity index is 2.71. The molecule has 5 heteroatoms. The molecular formula is C16H19F4N. The molecule has 0 aromatic carbocycles. The summed E-state index contributed by atoms with van der Waals surface area (Å²) in [5.41, 5.74) is -3.81. The van der Waals surface area contributed by atoms with E-state index in [9.17, 15) is 17.6 Å². The third-order valence-electron chi connectivity index (χ3n) is 5.03. The summed E-state index contributed by atoms with van der Waals surface area (Å²) in [5, 5.41) is 0. The van der Waals surface area contributed by atoms with Crippen LogP contribution >= 0.6 is 0 Å². The Labute approximate surface area is 122 Å². The zero-order chi connectivity index (χ0) is 16.3. The normalized spacial score (nSPS) is 25.3. The van der Waals surface area contributed by atoms with Crippen LogP contribution < -0.4 is 0 Å². The Morgan fingerprint density at radius 2 is 1.48 bits per heavy atom. The van der Waals surface area contributed by atoms with Gasteiger partial charge in [-0.25, -0.2) is 17.6 Å². The summed E-state index contributed by atoms with van der Waals surface area (Å²) >= 11 is 0. The number of allylic oxidation sites excluding steroid dienone is 2. The van der Waals surface area contributed by atoms with Crippen molar-refractivity contribution in [3.8, 4) is 0 Å². The van der Waals surface area contributed by atoms with Gasteiger partial charge in [0.2, 0.25) is 0 Å². The summed E-state index contributed by atoms with van der Waals surface area (Å²) in [6.07, 6.45) is 1.78. The summed E-state index contributed by atoms with van der Waals surface area (Å²) in [5.74, 6) is -6.75. The predicted molar refractivity (Wildman–Crippen MR) is 74.4 cm³/mol. The van der Waals surface area contributed by atoms with Crippen LogP contribution in [0.1, 0.15) is 39.0 Å². The van der Waals surface area contributed by atoms with Crippen molar-refractivity contribution in [1.82, 2.24) is 4.98 Å². The molecule has 1 aliphatic carbocycles. The van der Waals surface area contributed by atoms with E-state index in [4.69, 9.17) is 0 Å². The molecule has 0 amide bonds. The van der Waals surface area contributed by atoms with Crippen molar-refractivity contribution in [3.63, 3.8) is 0 Å². The summed E-state index contributed by atoms with van der Waals surface area (Å²) in [7, 11) is 0. The Bertz CT molecular complexity index is 583. The lowest BCUT2D eigenvalue weighted by atomic mass is 9.56. The van der Waals surface area contributed by atoms with Gasteiger partial charge in [-0.3, -0.25) is 4.98 Å². The number of rotatable bonds is 1. The zero-order valence-electron chi connectivity index (χ0n) is 12.8. The minimum Gasteiger partial charge on any atom is -0.256 e. The highest BCUT2D eigenvalue weighted by Crippen LogP contribution is 2.64. The number of aromatic nitrogens is 1. The number of nitrogens with zero attached hydrogens (tertiary/aromatic N) is 1. The SMILES string of the molecule is Cc1ccc(C2=CC(F)(F)C(C)(C)C(C)(C)C2(F)F)nc1. The maximum Gasteiger partial charge on any atom is 0.280 e. The fourth-order valence-electron chi connectivity index (χ4n) is 2.46. The smallest absolute Gasteiger partial charge is 0.256 e. The lowest BCUT2D eigenvalue weighted by Gasteiger charge is -2.53. The van der Waals surface area contributed by atoms with Gasteiger partial charge in [-0.1, -0.05) is 33.8 Å². The molecule has 21 heavy (non-hydrogen) atoms. The van der Waals surface area contributed by atoms with Crippen LogP contribution in [0.15, 0.2) is 24.4 Å². The molecule has 1 nitrogen and oxygen atoms in total. The van der Waals surface area contributed by atoms with E-state index in [1.807, 2.05) is 0 Å². The van der Waals surface area contributed by atoms with Gasteiger partial charge < -0.3 is 0 Å². The van der Waals surface area contributed by atoms with E-state index < -0.39 is 28.2 Å². The second kappa shape index (κ2) is 4.31. The van der Waals surface area contributed by atoms with E-state index in [1.54, 1.807) is 13.0 Å². The minimum absolute atomic E-state index is 0.103. The Hall–Kier alpha value is -1.39. The van der Waals surface area contributed by atoms with Crippen LogP contribution in [0.25, 0.3) is 5.57 Å². The molecule has 0 saturated heterocycles. The summed E-state index contributed by atoms with van der Waals surface area (Å²) in [6.45, 7) is 6.48. The third-order valence-corrected chi connectivity index (χ3v) is 5.03. The number of aryl methyl sites for hydroxylation is 1. The monoisotopic (exact) mass is 301 g/mol. The Kier molecular flexibility index (Phi) is 3.28. The van der Waals surface area contributed by atoms with Gasteiger partial charge in [0, 0.05) is 22.6 Å². The van der Waals surface area contributed by atoms with Crippen molar-refractivity contribution in [3.05, 3.63) is 35.7 Å². The molecular weight excluding hydrogens is 282 g/mol. The Morgan fingerprint density at radius 1 is 0.905 bits per heavy atom. The molecule has 0 N–H and O–H groups in total. The number of halogens is 4. The maximum absolute atomic E-state index is 14.8. The molecule has 1 aromatic heterocycles. The molecule has 0 spiro atoms. The van der Waals surface area contributed by atoms with E-state index in [-0.39, 0.29) is 5.69 Å². The topological polar surface area (TPSA) is 12.9 Å². The summed E-state index contributed by atoms with van der Waals surface area (Å²) in [6, 6.07) is 2.95. The van der Waals surface area contributed by atoms with Gasteiger partial charge in [-0.15, -0.1) is 0 Å². The number of pyridine rings is 1. The molecule has 1 aromatic rings. The van der Waals surface area contributed by atoms with Crippen LogP contribution in [-0.2, 0) is 0 Å². The van der Waals surface area contributed by atoms with Crippen LogP contribution in [0.5, 0.6) is 0 Å². The van der Waals surface area contributed by atoms with Crippen molar-refractivity contribution in [1.29, 1.82) is 0 Å². The molecule has 0 fully saturated rings. The van der Waals surface area contributed by atoms with Crippen molar-refractivity contribution in [2.45, 2.75) is 46.5 Å². The van der Waals surface area contributed by atoms with Crippen LogP contribution in [0.2, 0.25) is 0 Å². The standard InChI is InChI=1S/C16H19F4N/c1-10-6-7-12(21-9-10)11-8-15(17,18)13(2,3)14(4,5)16(11,19)20/h6-9H,1-5H3. The molecule has 116 valence electrons. The van der Waals surface area contributed by atoms with Crippen LogP contribution in [0.3, 0.4) is 0 Å². The third kappa shape index (κ3) is 2.00. The fraction of sp³-hybridized carbons (Fsp3) is 0.562. The first-order valence-corrected chi connectivity index (χ1v) is 6.76. The molecule has 1 heterocycles. The summed E-state index contributed by atoms with van der Waals surface area (Å²) in [4.78, 5) is 3.89. The van der Waals surface area contributed by atoms with Crippen molar-refractivity contribution < 1.29 is 17.6 Å². The van der Waals surface area contributed by atoms with E-state index in [1.165, 1.54) is 40.0 Å². The number of alkyl halides is 4. The maximum atomic E-state index is 14.8. The molecule has 1 aliphatic rings. The highest BCUT2D eigenvalue weighted by molar-refractivity contribution is 5.72. The first-order chi connectivity index (χ1) is 9.34. The fourth-order valence-corrected chi connectivity index (χ4v) is 2.46. The predicted octanol–water partition coefficient (Wildman–Crippen LogP) is 5.11. The van der Waals surface area contributed by atoms with Crippen molar-refractivity contribution in [2.24, 2.45) is 10.8 Å². The zero-order valence-corrected chi connectivity index (χ0v) is 12.8. The molecule has 0 unspecified atom stereocenters. The molecule has 0 atom stereocenters. The second-order valence-electron chi connectivity index (χ2n) is 6.73. The van der Waals surface area contributed by atoms with Gasteiger partial charge in [0.15, 0.2) is 0 Å². The molecule has 0 radical (unpaired) electrons. The summed E-state index contributed by atoms with van der Waals surface area (Å²) < 4.78 is 58.5. The van der Waals surface area contributed by atoms with Gasteiger partial charge in [0.05, 0.1) is 5.69 Å². The minimum atomic E-state index is -3.40. The van der Waals surface area contributed by atoms with E-state index in [0.29, 0.717) is 6.08 Å². The molecule has 0 aliphatic heterocycles. The molecule has 2 rings (SSSR count). The van der Waals surface area contributed by atoms with Crippen LogP contribution in [-0.4, -0.2) is 16.8 Å². The largest absolute Gasteiger partial charge is 0.280 e. The number of hydrogen-bond donors (Lipinski definition) is 0. The molecule has 0 saturated carbocycles. The van der Waals surface area contributed by atoms with Crippen molar-refractivity contribution >= 4 is 5.57 Å². The van der Waals surface area contributed by atoms with Crippen LogP contribution in [0.4, 0.5) is 17.6 Å². The lowest BCUT2D eigenvalue weighted by molar-refractivity contribution is -0.206. The quantitative estimate of drug-likeness (QED) is 0.657. The Morgan fingerprint density at radius 3 is 1.95 bits per heavy atom. The van der Waals surface area contributed by atoms with E-state index >= 15 is 0 Å². The van der Waals surface area contributed by atoms with Gasteiger partial charge in [0.1, 0.15) is 0 Å². The number of hydrogen-bond acceptors (Lipinski definition) is 1. The molecule has 0 bridgehead atoms. The van der Waals surface area contributed by atoms with Crippen molar-refractivity contribution in [2.75, 3.05) is 0 Å². The van der Waals surface area contributed by atoms with Gasteiger partial charge in [-0.2, -0.15) is 0 Å². The van der Waals surface area contributed by atoms with Gasteiger partial charge >= 0.3 is 0 Å². The highest BCUT2D eigenvalue weighted by atomic mass is 19.3. The van der Waals surface area contributed by atoms with Gasteiger partial charge in [-0.05, 0) is 24.6 Å². The van der Waals surface area contributed by atoms with Gasteiger partial charge in [0.25, 0.3) is 11.8 Å². The average Bonchev–Trinajstić information content (AvgIpc) is 2.35. The average molecular weight is 301 g/mol. The second-order valence-corrected chi connectivity index (χ2v) is 6.73. The van der Waals surface area contributed by atoms with E-state index in [0.717, 1.165) is 5.56 Å². The first-order valence-electron chi connectivity index (χ1n) is 6.76. The first kappa shape index (κ1) is 16.0. The lowest BCUT2D eigenvalue weighted by Crippen LogP contribution is -2.58. The highest BCUT2D eigenvalue weighted by Gasteiger charge is 2.69. The van der Waals surface area contributed by atoms with E-state index in [2.05, 4.69) is 4.98 Å².